The van der Waals surface area contributed by atoms with Gasteiger partial charge >= 0.3 is 0 Å². The molecule has 0 atom stereocenters. The molecule has 4 rings (SSSR count). The lowest BCUT2D eigenvalue weighted by atomic mass is 9.93. The lowest BCUT2D eigenvalue weighted by Gasteiger charge is -2.19. The van der Waals surface area contributed by atoms with Gasteiger partial charge in [0.05, 0.1) is 36.9 Å². The summed E-state index contributed by atoms with van der Waals surface area (Å²) in [5, 5.41) is 15.4. The van der Waals surface area contributed by atoms with Crippen molar-refractivity contribution in [2.45, 2.75) is 19.9 Å². The number of aromatic hydroxyl groups is 1. The van der Waals surface area contributed by atoms with Crippen molar-refractivity contribution in [1.29, 1.82) is 0 Å². The summed E-state index contributed by atoms with van der Waals surface area (Å²) in [5.74, 6) is 0.0209. The zero-order valence-corrected chi connectivity index (χ0v) is 16.8. The molecule has 1 aromatic carbocycles. The van der Waals surface area contributed by atoms with Gasteiger partial charge in [0.15, 0.2) is 11.5 Å². The molecule has 3 heterocycles. The number of fused-ring (bicyclic) bond motifs is 1. The third-order valence-electron chi connectivity index (χ3n) is 4.73. The molecule has 1 aliphatic rings. The van der Waals surface area contributed by atoms with E-state index in [2.05, 4.69) is 15.6 Å². The van der Waals surface area contributed by atoms with Gasteiger partial charge in [-0.1, -0.05) is 13.0 Å². The summed E-state index contributed by atoms with van der Waals surface area (Å²) in [6.45, 7) is 2.73. The number of furan rings is 1. The third-order valence-corrected chi connectivity index (χ3v) is 4.73. The lowest BCUT2D eigenvalue weighted by Crippen LogP contribution is -2.37. The predicted octanol–water partition coefficient (Wildman–Crippen LogP) is 3.24. The van der Waals surface area contributed by atoms with Crippen molar-refractivity contribution >= 4 is 17.4 Å². The number of ether oxygens (including phenoxy) is 1. The van der Waals surface area contributed by atoms with E-state index in [-0.39, 0.29) is 12.3 Å². The first-order valence-corrected chi connectivity index (χ1v) is 9.85. The van der Waals surface area contributed by atoms with Crippen molar-refractivity contribution < 1.29 is 23.8 Å². The van der Waals surface area contributed by atoms with E-state index >= 15 is 0 Å². The Hall–Kier alpha value is -4.07. The first-order chi connectivity index (χ1) is 15.1. The summed E-state index contributed by atoms with van der Waals surface area (Å²) in [7, 11) is 0. The van der Waals surface area contributed by atoms with Gasteiger partial charge in [-0.3, -0.25) is 19.9 Å². The van der Waals surface area contributed by atoms with E-state index < -0.39 is 11.8 Å². The second kappa shape index (κ2) is 8.74. The number of carbonyl (C=O) groups is 2. The molecule has 0 fully saturated rings. The van der Waals surface area contributed by atoms with Crippen LogP contribution < -0.4 is 15.4 Å². The molecule has 0 aliphatic carbocycles. The minimum absolute atomic E-state index is 0.00217. The molecule has 1 aliphatic heterocycles. The van der Waals surface area contributed by atoms with Crippen LogP contribution in [0.15, 0.2) is 59.5 Å². The van der Waals surface area contributed by atoms with Crippen LogP contribution in [0.2, 0.25) is 0 Å². The lowest BCUT2D eigenvalue weighted by molar-refractivity contribution is -0.114. The smallest absolute Gasteiger partial charge is 0.260 e. The molecule has 8 heteroatoms. The summed E-state index contributed by atoms with van der Waals surface area (Å²) in [6, 6.07) is 10.3. The second-order valence-electron chi connectivity index (χ2n) is 6.95. The normalized spacial score (nSPS) is 14.3. The number of pyridine rings is 1. The Morgan fingerprint density at radius 3 is 2.81 bits per heavy atom. The number of aromatic nitrogens is 1. The maximum absolute atomic E-state index is 12.5. The first kappa shape index (κ1) is 20.2. The third kappa shape index (κ3) is 4.28. The zero-order valence-electron chi connectivity index (χ0n) is 16.8. The number of carbonyl (C=O) groups excluding carboxylic acids is 2. The van der Waals surface area contributed by atoms with E-state index in [0.29, 0.717) is 40.5 Å². The van der Waals surface area contributed by atoms with Crippen LogP contribution in [0.25, 0.3) is 16.9 Å². The molecule has 0 saturated heterocycles. The number of hydrogen-bond donors (Lipinski definition) is 3. The molecular formula is C23H21N3O5. The fourth-order valence-electron chi connectivity index (χ4n) is 3.22. The Morgan fingerprint density at radius 1 is 1.19 bits per heavy atom. The average molecular weight is 419 g/mol. The van der Waals surface area contributed by atoms with Crippen LogP contribution in [0.5, 0.6) is 11.5 Å². The molecule has 3 N–H and O–H groups in total. The average Bonchev–Trinajstić information content (AvgIpc) is 3.30. The van der Waals surface area contributed by atoms with E-state index in [1.54, 1.807) is 36.6 Å². The summed E-state index contributed by atoms with van der Waals surface area (Å²) in [5.41, 5.74) is 2.54. The highest BCUT2D eigenvalue weighted by Crippen LogP contribution is 2.30. The fraction of sp³-hybridized carbons (Fsp3) is 0.174. The van der Waals surface area contributed by atoms with E-state index in [9.17, 15) is 14.7 Å². The minimum Gasteiger partial charge on any atom is -0.504 e. The molecule has 158 valence electrons. The van der Waals surface area contributed by atoms with E-state index in [4.69, 9.17) is 9.15 Å². The zero-order chi connectivity index (χ0) is 21.8. The second-order valence-corrected chi connectivity index (χ2v) is 6.95. The predicted molar refractivity (Wildman–Crippen MR) is 113 cm³/mol. The first-order valence-electron chi connectivity index (χ1n) is 9.85. The summed E-state index contributed by atoms with van der Waals surface area (Å²) >= 11 is 0. The Morgan fingerprint density at radius 2 is 2.06 bits per heavy atom. The monoisotopic (exact) mass is 419 g/mol. The van der Waals surface area contributed by atoms with Gasteiger partial charge in [0, 0.05) is 29.0 Å². The number of nitrogens with zero attached hydrogens (tertiary/aromatic N) is 1. The highest BCUT2D eigenvalue weighted by molar-refractivity contribution is 6.31. The number of amides is 2. The molecule has 31 heavy (non-hydrogen) atoms. The van der Waals surface area contributed by atoms with Gasteiger partial charge < -0.3 is 19.6 Å². The molecule has 8 nitrogen and oxygen atoms in total. The Bertz CT molecular complexity index is 1150. The van der Waals surface area contributed by atoms with E-state index in [0.717, 1.165) is 12.0 Å². The van der Waals surface area contributed by atoms with Crippen LogP contribution in [-0.4, -0.2) is 28.5 Å². The maximum atomic E-state index is 12.5. The summed E-state index contributed by atoms with van der Waals surface area (Å²) in [6.07, 6.45) is 5.38. The number of hydrogen-bond acceptors (Lipinski definition) is 7. The quantitative estimate of drug-likeness (QED) is 0.398. The Balaban J connectivity index is 1.56. The van der Waals surface area contributed by atoms with Gasteiger partial charge in [-0.2, -0.15) is 0 Å². The number of imide groups is 1. The molecular weight excluding hydrogens is 398 g/mol. The molecule has 0 radical (unpaired) electrons. The minimum atomic E-state index is -0.499. The summed E-state index contributed by atoms with van der Waals surface area (Å²) < 4.78 is 10.8. The van der Waals surface area contributed by atoms with E-state index in [1.807, 2.05) is 6.92 Å². The van der Waals surface area contributed by atoms with Gasteiger partial charge in [-0.15, -0.1) is 0 Å². The molecule has 0 saturated carbocycles. The molecule has 2 aromatic heterocycles. The van der Waals surface area contributed by atoms with Crippen LogP contribution in [0.1, 0.15) is 35.0 Å². The van der Waals surface area contributed by atoms with E-state index in [1.165, 1.54) is 18.5 Å². The van der Waals surface area contributed by atoms with Gasteiger partial charge in [0.1, 0.15) is 5.76 Å². The highest BCUT2D eigenvalue weighted by atomic mass is 16.5. The topological polar surface area (TPSA) is 114 Å². The van der Waals surface area contributed by atoms with Crippen LogP contribution >= 0.6 is 0 Å². The van der Waals surface area contributed by atoms with Crippen LogP contribution in [0.4, 0.5) is 0 Å². The molecule has 0 unspecified atom stereocenters. The summed E-state index contributed by atoms with van der Waals surface area (Å²) in [4.78, 5) is 29.0. The Labute approximate surface area is 178 Å². The molecule has 2 amide bonds. The largest absolute Gasteiger partial charge is 0.504 e. The number of rotatable bonds is 7. The Kier molecular flexibility index (Phi) is 5.70. The molecule has 0 bridgehead atoms. The van der Waals surface area contributed by atoms with Gasteiger partial charge in [-0.05, 0) is 30.7 Å². The molecule has 0 spiro atoms. The van der Waals surface area contributed by atoms with Gasteiger partial charge in [0.25, 0.3) is 11.8 Å². The van der Waals surface area contributed by atoms with Crippen LogP contribution in [0, 0.1) is 0 Å². The van der Waals surface area contributed by atoms with Crippen LogP contribution in [0.3, 0.4) is 0 Å². The number of nitrogens with one attached hydrogen (secondary N) is 2. The molecule has 3 aromatic rings. The highest BCUT2D eigenvalue weighted by Gasteiger charge is 2.27. The standard InChI is InChI=1S/C23H21N3O5/c1-2-7-30-21-13-25-15(10-19(21)27)11-24-12-18-17-9-14(20-4-3-8-31-20)5-6-16(17)22(28)26-23(18)29/h3-6,8-10,12-13,24H,2,7,11H2,1H3,(H,25,27)(H,26,28,29). The van der Waals surface area contributed by atoms with Crippen molar-refractivity contribution in [3.63, 3.8) is 0 Å². The van der Waals surface area contributed by atoms with Crippen LogP contribution in [-0.2, 0) is 11.3 Å². The number of benzene rings is 1. The van der Waals surface area contributed by atoms with Crippen molar-refractivity contribution in [3.8, 4) is 22.8 Å². The van der Waals surface area contributed by atoms with Crippen molar-refractivity contribution in [1.82, 2.24) is 15.6 Å². The SMILES string of the molecule is CCCOc1cnc(CNC=C2C(=O)NC(=O)c3ccc(-c4ccco4)cc32)cc1O. The van der Waals surface area contributed by atoms with Gasteiger partial charge in [-0.25, -0.2) is 0 Å². The maximum Gasteiger partial charge on any atom is 0.260 e. The van der Waals surface area contributed by atoms with Crippen molar-refractivity contribution in [2.24, 2.45) is 0 Å². The van der Waals surface area contributed by atoms with Gasteiger partial charge in [0.2, 0.25) is 0 Å². The van der Waals surface area contributed by atoms with Crippen molar-refractivity contribution in [2.75, 3.05) is 6.61 Å². The fourth-order valence-corrected chi connectivity index (χ4v) is 3.22. The van der Waals surface area contributed by atoms with Crippen molar-refractivity contribution in [3.05, 3.63) is 71.9 Å².